The molecule has 0 aliphatic heterocycles. The van der Waals surface area contributed by atoms with Crippen molar-refractivity contribution in [2.75, 3.05) is 6.54 Å². The van der Waals surface area contributed by atoms with Crippen LogP contribution in [0.2, 0.25) is 0 Å². The average Bonchev–Trinajstić information content (AvgIpc) is 2.82. The van der Waals surface area contributed by atoms with Crippen LogP contribution in [0.4, 0.5) is 8.78 Å². The molecular weight excluding hydrogens is 450 g/mol. The van der Waals surface area contributed by atoms with Crippen molar-refractivity contribution in [2.45, 2.75) is 12.8 Å². The van der Waals surface area contributed by atoms with Crippen molar-refractivity contribution in [1.29, 1.82) is 0 Å². The van der Waals surface area contributed by atoms with Crippen LogP contribution in [0.1, 0.15) is 27.9 Å². The molecule has 0 fully saturated rings. The van der Waals surface area contributed by atoms with Gasteiger partial charge < -0.3 is 4.55 Å². The second kappa shape index (κ2) is 9.99. The van der Waals surface area contributed by atoms with Crippen LogP contribution in [-0.4, -0.2) is 36.0 Å². The highest BCUT2D eigenvalue weighted by molar-refractivity contribution is 7.77. The minimum Gasteiger partial charge on any atom is -0.760 e. The Bertz CT molecular complexity index is 1350. The molecule has 4 aromatic rings. The van der Waals surface area contributed by atoms with E-state index in [1.807, 2.05) is 0 Å². The van der Waals surface area contributed by atoms with E-state index >= 15 is 4.39 Å². The molecule has 0 aliphatic carbocycles. The van der Waals surface area contributed by atoms with Crippen LogP contribution in [0, 0.1) is 11.6 Å². The van der Waals surface area contributed by atoms with Crippen LogP contribution in [0.5, 0.6) is 0 Å². The van der Waals surface area contributed by atoms with E-state index in [0.717, 1.165) is 11.6 Å². The maximum atomic E-state index is 15.0. The molecule has 168 valence electrons. The number of aromatic nitrogens is 3. The molecule has 33 heavy (non-hydrogen) atoms. The fourth-order valence-electron chi connectivity index (χ4n) is 3.39. The summed E-state index contributed by atoms with van der Waals surface area (Å²) in [6.07, 6.45) is 5.26. The highest BCUT2D eigenvalue weighted by atomic mass is 32.2. The van der Waals surface area contributed by atoms with Gasteiger partial charge in [0, 0.05) is 41.3 Å². The van der Waals surface area contributed by atoms with Crippen molar-refractivity contribution in [2.24, 2.45) is 0 Å². The topological polar surface area (TPSA) is 108 Å². The molecule has 10 heteroatoms. The first-order valence-electron chi connectivity index (χ1n) is 9.95. The van der Waals surface area contributed by atoms with E-state index in [9.17, 15) is 17.9 Å². The summed E-state index contributed by atoms with van der Waals surface area (Å²) < 4.78 is 52.7. The number of hydrogen-bond acceptors (Lipinski definition) is 6. The number of carbonyl (C=O) groups is 1. The number of halogens is 2. The lowest BCUT2D eigenvalue weighted by Gasteiger charge is -2.11. The fourth-order valence-corrected chi connectivity index (χ4v) is 3.70. The van der Waals surface area contributed by atoms with E-state index in [0.29, 0.717) is 16.7 Å². The van der Waals surface area contributed by atoms with Crippen molar-refractivity contribution in [3.05, 3.63) is 89.4 Å². The van der Waals surface area contributed by atoms with Crippen molar-refractivity contribution < 1.29 is 22.3 Å². The highest BCUT2D eigenvalue weighted by Gasteiger charge is 2.22. The molecule has 0 radical (unpaired) electrons. The standard InChI is InChI=1S/C23H18F2N4O3S/c24-17-5-3-15(2-1-9-28-33(31)32)22(25)21(17)23(30)16-4-6-18-19(12-16)29-20(13-27-18)14-7-10-26-11-8-14/h3-8,10-13,28H,1-2,9H2,(H,31,32)/p-1. The van der Waals surface area contributed by atoms with Gasteiger partial charge in [-0.1, -0.05) is 6.07 Å². The molecular formula is C23H17F2N4O3S-. The maximum absolute atomic E-state index is 15.0. The van der Waals surface area contributed by atoms with Crippen LogP contribution in [0.25, 0.3) is 22.3 Å². The first kappa shape index (κ1) is 22.7. The molecule has 2 aromatic carbocycles. The minimum atomic E-state index is -2.42. The van der Waals surface area contributed by atoms with Crippen molar-refractivity contribution >= 4 is 28.1 Å². The molecule has 0 saturated carbocycles. The van der Waals surface area contributed by atoms with Gasteiger partial charge in [-0.05, 0) is 54.8 Å². The second-order valence-electron chi connectivity index (χ2n) is 7.15. The van der Waals surface area contributed by atoms with Crippen molar-refractivity contribution in [3.8, 4) is 11.3 Å². The summed E-state index contributed by atoms with van der Waals surface area (Å²) in [6, 6.07) is 10.3. The van der Waals surface area contributed by atoms with Gasteiger partial charge in [-0.25, -0.2) is 18.5 Å². The molecule has 0 aliphatic rings. The number of pyridine rings is 1. The number of rotatable bonds is 8. The van der Waals surface area contributed by atoms with Gasteiger partial charge in [-0.15, -0.1) is 0 Å². The number of benzene rings is 2. The molecule has 0 saturated heterocycles. The summed E-state index contributed by atoms with van der Waals surface area (Å²) in [6.45, 7) is 0.0966. The van der Waals surface area contributed by atoms with Gasteiger partial charge in [-0.2, -0.15) is 0 Å². The van der Waals surface area contributed by atoms with Crippen molar-refractivity contribution in [3.63, 3.8) is 0 Å². The van der Waals surface area contributed by atoms with Gasteiger partial charge in [0.05, 0.1) is 28.5 Å². The largest absolute Gasteiger partial charge is 0.760 e. The third-order valence-electron chi connectivity index (χ3n) is 5.02. The zero-order valence-corrected chi connectivity index (χ0v) is 17.9. The molecule has 0 amide bonds. The Labute approximate surface area is 190 Å². The van der Waals surface area contributed by atoms with Gasteiger partial charge in [0.25, 0.3) is 0 Å². The average molecular weight is 467 g/mol. The van der Waals surface area contributed by atoms with E-state index in [4.69, 9.17) is 0 Å². The molecule has 2 heterocycles. The SMILES string of the molecule is O=C(c1ccc2ncc(-c3ccncc3)nc2c1)c1c(F)ccc(CCCNS(=O)[O-])c1F. The van der Waals surface area contributed by atoms with E-state index in [1.54, 1.807) is 36.8 Å². The Balaban J connectivity index is 1.65. The number of nitrogens with one attached hydrogen (secondary N) is 1. The molecule has 4 rings (SSSR count). The van der Waals surface area contributed by atoms with Gasteiger partial charge >= 0.3 is 0 Å². The van der Waals surface area contributed by atoms with E-state index in [1.165, 1.54) is 18.2 Å². The highest BCUT2D eigenvalue weighted by Crippen LogP contribution is 2.24. The quantitative estimate of drug-likeness (QED) is 0.241. The Hall–Kier alpha value is -3.47. The van der Waals surface area contributed by atoms with Crippen LogP contribution >= 0.6 is 0 Å². The van der Waals surface area contributed by atoms with E-state index in [-0.39, 0.29) is 30.5 Å². The maximum Gasteiger partial charge on any atom is 0.199 e. The summed E-state index contributed by atoms with van der Waals surface area (Å²) in [5.41, 5.74) is 1.83. The Morgan fingerprint density at radius 1 is 1.06 bits per heavy atom. The van der Waals surface area contributed by atoms with E-state index < -0.39 is 34.2 Å². The van der Waals surface area contributed by atoms with Gasteiger partial charge in [0.2, 0.25) is 0 Å². The van der Waals surface area contributed by atoms with Crippen LogP contribution in [0.3, 0.4) is 0 Å². The zero-order valence-electron chi connectivity index (χ0n) is 17.1. The third-order valence-corrected chi connectivity index (χ3v) is 5.46. The molecule has 1 atom stereocenters. The Morgan fingerprint density at radius 3 is 2.61 bits per heavy atom. The summed E-state index contributed by atoms with van der Waals surface area (Å²) in [7, 11) is 0. The predicted octanol–water partition coefficient (Wildman–Crippen LogP) is 3.52. The predicted molar refractivity (Wildman–Crippen MR) is 118 cm³/mol. The summed E-state index contributed by atoms with van der Waals surface area (Å²) in [5, 5.41) is 0. The normalized spacial score (nSPS) is 12.1. The van der Waals surface area contributed by atoms with Gasteiger partial charge in [0.1, 0.15) is 11.6 Å². The molecule has 2 aromatic heterocycles. The number of ketones is 1. The van der Waals surface area contributed by atoms with Crippen LogP contribution in [0.15, 0.2) is 61.1 Å². The van der Waals surface area contributed by atoms with Gasteiger partial charge in [0.15, 0.2) is 5.78 Å². The molecule has 7 nitrogen and oxygen atoms in total. The first-order valence-corrected chi connectivity index (χ1v) is 11.0. The number of fused-ring (bicyclic) bond motifs is 1. The number of hydrogen-bond donors (Lipinski definition) is 1. The van der Waals surface area contributed by atoms with E-state index in [2.05, 4.69) is 19.7 Å². The number of carbonyl (C=O) groups excluding carboxylic acids is 1. The Morgan fingerprint density at radius 2 is 1.85 bits per heavy atom. The smallest absolute Gasteiger partial charge is 0.199 e. The fraction of sp³-hybridized carbons (Fsp3) is 0.130. The monoisotopic (exact) mass is 467 g/mol. The first-order chi connectivity index (χ1) is 15.9. The zero-order chi connectivity index (χ0) is 23.4. The molecule has 0 spiro atoms. The minimum absolute atomic E-state index is 0.0713. The van der Waals surface area contributed by atoms with Gasteiger partial charge in [-0.3, -0.25) is 19.0 Å². The third kappa shape index (κ3) is 5.14. The summed E-state index contributed by atoms with van der Waals surface area (Å²) >= 11 is -2.42. The van der Waals surface area contributed by atoms with Crippen LogP contribution in [-0.2, 0) is 17.7 Å². The molecule has 1 N–H and O–H groups in total. The number of nitrogens with zero attached hydrogens (tertiary/aromatic N) is 3. The lowest BCUT2D eigenvalue weighted by Crippen LogP contribution is -2.18. The summed E-state index contributed by atoms with van der Waals surface area (Å²) in [5.74, 6) is -2.75. The Kier molecular flexibility index (Phi) is 6.87. The summed E-state index contributed by atoms with van der Waals surface area (Å²) in [4.78, 5) is 25.9. The lowest BCUT2D eigenvalue weighted by molar-refractivity contribution is 0.103. The molecule has 0 bridgehead atoms. The van der Waals surface area contributed by atoms with Crippen LogP contribution < -0.4 is 4.72 Å². The number of aryl methyl sites for hydroxylation is 1. The van der Waals surface area contributed by atoms with Crippen molar-refractivity contribution in [1.82, 2.24) is 19.7 Å². The lowest BCUT2D eigenvalue weighted by atomic mass is 9.97. The molecule has 1 unspecified atom stereocenters. The second-order valence-corrected chi connectivity index (χ2v) is 7.91.